The fourth-order valence-electron chi connectivity index (χ4n) is 14.2. The number of ether oxygens (including phenoxy) is 2. The summed E-state index contributed by atoms with van der Waals surface area (Å²) in [7, 11) is -7.89. The molecule has 29 heteroatoms. The first-order chi connectivity index (χ1) is 50.2. The molecule has 105 heavy (non-hydrogen) atoms. The predicted octanol–water partition coefficient (Wildman–Crippen LogP) is 9.42. The number of hydrogen-bond acceptors (Lipinski definition) is 19. The molecule has 5 N–H and O–H groups in total. The van der Waals surface area contributed by atoms with Crippen molar-refractivity contribution in [2.45, 2.75) is 213 Å². The van der Waals surface area contributed by atoms with Crippen molar-refractivity contribution < 1.29 is 64.7 Å². The second-order valence-electron chi connectivity index (χ2n) is 29.3. The minimum Gasteiger partial charge on any atom is -0.465 e. The number of nitrogens with one attached hydrogen (secondary N) is 5. The number of hydrogen-bond donors (Lipinski definition) is 5. The van der Waals surface area contributed by atoms with Gasteiger partial charge in [0.2, 0.25) is 54.8 Å². The first kappa shape index (κ1) is 76.5. The van der Waals surface area contributed by atoms with Gasteiger partial charge in [-0.25, -0.2) is 26.8 Å². The number of amides is 7. The zero-order chi connectivity index (χ0) is 74.5. The van der Waals surface area contributed by atoms with Crippen LogP contribution in [0.15, 0.2) is 133 Å². The van der Waals surface area contributed by atoms with E-state index in [0.717, 1.165) is 76.5 Å². The third kappa shape index (κ3) is 18.0. The maximum Gasteiger partial charge on any atom is 0.274 e. The van der Waals surface area contributed by atoms with Crippen LogP contribution in [0.4, 0.5) is 0 Å². The summed E-state index contributed by atoms with van der Waals surface area (Å²) in [5.41, 5.74) is 0.611. The lowest BCUT2D eigenvalue weighted by Crippen LogP contribution is -2.58. The van der Waals surface area contributed by atoms with E-state index in [9.17, 15) is 55.2 Å². The van der Waals surface area contributed by atoms with Crippen LogP contribution in [0.3, 0.4) is 0 Å². The Morgan fingerprint density at radius 2 is 1.02 bits per heavy atom. The first-order valence-electron chi connectivity index (χ1n) is 36.2. The molecule has 24 nitrogen and oxygen atoms in total. The molecular weight excluding hydrogens is 1440 g/mol. The van der Waals surface area contributed by atoms with E-state index in [0.29, 0.717) is 61.9 Å². The van der Waals surface area contributed by atoms with E-state index >= 15 is 0 Å². The third-order valence-corrected chi connectivity index (χ3v) is 27.6. The van der Waals surface area contributed by atoms with Gasteiger partial charge in [0, 0.05) is 51.6 Å². The number of para-hydroxylation sites is 2. The molecule has 8 aliphatic rings. The zero-order valence-corrected chi connectivity index (χ0v) is 63.4. The minimum absolute atomic E-state index is 0.0652. The molecule has 0 unspecified atom stereocenters. The molecule has 7 amide bonds. The Hall–Kier alpha value is -8.15. The van der Waals surface area contributed by atoms with Gasteiger partial charge < -0.3 is 40.1 Å². The van der Waals surface area contributed by atoms with E-state index < -0.39 is 107 Å². The Balaban J connectivity index is 0.000000188. The fraction of sp³-hybridized carbons (Fsp3) is 0.500. The molecule has 2 aromatic heterocycles. The van der Waals surface area contributed by atoms with Crippen LogP contribution in [0.2, 0.25) is 0 Å². The van der Waals surface area contributed by atoms with Crippen LogP contribution >= 0.6 is 34.3 Å². The summed E-state index contributed by atoms with van der Waals surface area (Å²) in [5.74, 6) is -4.16. The molecule has 4 aromatic carbocycles. The highest BCUT2D eigenvalue weighted by molar-refractivity contribution is 7.92. The summed E-state index contributed by atoms with van der Waals surface area (Å²) >= 11 is 7.42. The molecule has 6 heterocycles. The molecule has 10 atom stereocenters. The van der Waals surface area contributed by atoms with E-state index in [1.807, 2.05) is 133 Å². The van der Waals surface area contributed by atoms with Gasteiger partial charge >= 0.3 is 0 Å². The van der Waals surface area contributed by atoms with Crippen molar-refractivity contribution in [1.29, 1.82) is 0 Å². The van der Waals surface area contributed by atoms with Gasteiger partial charge in [0.25, 0.3) is 22.2 Å². The monoisotopic (exact) mass is 1530 g/mol. The normalized spacial score (nSPS) is 27.7. The Morgan fingerprint density at radius 3 is 1.47 bits per heavy atom. The smallest absolute Gasteiger partial charge is 0.274 e. The lowest BCUT2D eigenvalue weighted by molar-refractivity contribution is -0.149. The highest BCUT2D eigenvalue weighted by atomic mass is 35.5. The lowest BCUT2D eigenvalue weighted by atomic mass is 10.0. The van der Waals surface area contributed by atoms with E-state index in [4.69, 9.17) is 9.47 Å². The van der Waals surface area contributed by atoms with E-state index in [-0.39, 0.29) is 74.2 Å². The summed E-state index contributed by atoms with van der Waals surface area (Å²) in [4.78, 5) is 122. The maximum absolute atomic E-state index is 14.8. The Morgan fingerprint density at radius 1 is 0.590 bits per heavy atom. The van der Waals surface area contributed by atoms with Gasteiger partial charge in [-0.1, -0.05) is 158 Å². The van der Waals surface area contributed by atoms with Crippen LogP contribution < -0.4 is 34.9 Å². The number of carbonyl (C=O) groups excluding carboxylic acids is 8. The Labute approximate surface area is 625 Å². The molecule has 4 aliphatic heterocycles. The zero-order valence-electron chi connectivity index (χ0n) is 59.3. The second kappa shape index (κ2) is 32.1. The molecule has 6 aromatic rings. The van der Waals surface area contributed by atoms with Crippen LogP contribution in [0.5, 0.6) is 10.4 Å². The number of fused-ring (bicyclic) bond motifs is 6. The molecule has 6 fully saturated rings. The summed E-state index contributed by atoms with van der Waals surface area (Å²) in [6, 6.07) is 31.4. The molecule has 4 saturated carbocycles. The summed E-state index contributed by atoms with van der Waals surface area (Å²) in [6.45, 7) is 6.93. The maximum atomic E-state index is 14.8. The molecule has 0 spiro atoms. The number of rotatable bonds is 16. The summed E-state index contributed by atoms with van der Waals surface area (Å²) in [6.07, 6.45) is 16.9. The van der Waals surface area contributed by atoms with Crippen LogP contribution in [-0.2, 0) is 71.5 Å². The van der Waals surface area contributed by atoms with Crippen LogP contribution in [-0.4, -0.2) is 158 Å². The number of thiazole rings is 2. The standard InChI is InChI=1S/C38H45N5O7S2.C36H43N5O6S2.C2H3ClO/c1-25(44)42(23-26-13-7-6-8-14-26)30-17-10-5-3-4-9-15-27-22-38(27,35(47)41-52(48,49)37(2)19-20-37)40-33(45)31-21-28(24-43(31)34(30)46)50-36-39-29-16-11-12-18-32(29)51-36;1-35(18-19-35)49(45,46)40-33(44)36-21-25(36)14-8-3-2-4-9-16-28(37-22-24-12-6-5-7-13-24)32(43)41-23-26(20-29(41)31(42)39-36)47-34-38-27-15-10-11-17-30(27)48-34;1-2(3)4/h6-9,11-16,18,27-28,30-31H,3-5,10,17,19-24H2,1-2H3,(H,40,45)(H,41,47);5-8,10-15,17,25-26,28-29,37H,2-4,9,16,18-23H2,1H3,(H,39,42)(H,40,44);1H3/b15-9-;14-8-;/t27-,28-,30+,31+,38-;25-,26-,28+,29+,36-;/m11./s1. The Kier molecular flexibility index (Phi) is 23.4. The number of sulfonamides is 2. The van der Waals surface area contributed by atoms with Gasteiger partial charge in [0.1, 0.15) is 41.4 Å². The molecule has 14 rings (SSSR count). The van der Waals surface area contributed by atoms with Crippen molar-refractivity contribution in [3.05, 3.63) is 145 Å². The fourth-order valence-corrected chi connectivity index (χ4v) is 18.6. The first-order valence-corrected chi connectivity index (χ1v) is 41.2. The molecule has 2 saturated heterocycles. The van der Waals surface area contributed by atoms with Crippen LogP contribution in [0, 0.1) is 11.8 Å². The highest BCUT2D eigenvalue weighted by Crippen LogP contribution is 2.50. The van der Waals surface area contributed by atoms with Crippen LogP contribution in [0.25, 0.3) is 20.4 Å². The number of nitrogens with zero attached hydrogens (tertiary/aromatic N) is 5. The van der Waals surface area contributed by atoms with Crippen molar-refractivity contribution in [1.82, 2.24) is 50.1 Å². The second-order valence-corrected chi connectivity index (χ2v) is 36.3. The van der Waals surface area contributed by atoms with Crippen molar-refractivity contribution in [3.8, 4) is 10.4 Å². The van der Waals surface area contributed by atoms with Gasteiger partial charge in [-0.3, -0.25) is 47.8 Å². The average Bonchev–Trinajstić information content (AvgIpc) is 1.57. The van der Waals surface area contributed by atoms with Gasteiger partial charge in [0.15, 0.2) is 0 Å². The van der Waals surface area contributed by atoms with Gasteiger partial charge in [0.05, 0.1) is 49.1 Å². The summed E-state index contributed by atoms with van der Waals surface area (Å²) in [5, 5.41) is 9.85. The van der Waals surface area contributed by atoms with Crippen molar-refractivity contribution in [2.24, 2.45) is 11.8 Å². The predicted molar refractivity (Wildman–Crippen MR) is 400 cm³/mol. The topological polar surface area (TPSA) is 319 Å². The number of aromatic nitrogens is 2. The van der Waals surface area contributed by atoms with E-state index in [2.05, 4.69) is 47.0 Å². The SMILES string of the molecule is CC(=O)Cl.CC(=O)N(Cc1ccccc1)[C@H]1CCCCC/C=C\[C@@H]2C[C@@]2(C(=O)NS(=O)(=O)C2(C)CC2)NC(=O)[C@@H]2C[C@@H](Oc3nc4ccccc4s3)CN2C1=O.CC1(S(=O)(=O)NC(=O)[C@@]23C[C@H]2/C=C\CCCCC[C@H](NCc2ccccc2)C(=O)N2C[C@H](Oc4nc5ccccc5s4)C[C@H]2C(=O)N3)CC1. The van der Waals surface area contributed by atoms with Gasteiger partial charge in [-0.15, -0.1) is 0 Å². The van der Waals surface area contributed by atoms with Gasteiger partial charge in [-0.05, 0) is 138 Å². The number of halogens is 1. The van der Waals surface area contributed by atoms with Crippen molar-refractivity contribution in [2.75, 3.05) is 13.1 Å². The quantitative estimate of drug-likeness (QED) is 0.0445. The Bertz CT molecular complexity index is 4460. The van der Waals surface area contributed by atoms with Crippen molar-refractivity contribution >= 4 is 121 Å². The molecule has 4 aliphatic carbocycles. The summed E-state index contributed by atoms with van der Waals surface area (Å²) < 4.78 is 69.6. The largest absolute Gasteiger partial charge is 0.465 e. The molecule has 0 radical (unpaired) electrons. The number of carbonyl (C=O) groups is 8. The minimum atomic E-state index is -3.96. The molecular formula is C76H91ClN10O14S4. The van der Waals surface area contributed by atoms with Crippen molar-refractivity contribution in [3.63, 3.8) is 0 Å². The molecule has 560 valence electrons. The highest BCUT2D eigenvalue weighted by Gasteiger charge is 2.65. The lowest BCUT2D eigenvalue weighted by Gasteiger charge is -2.35. The number of benzene rings is 4. The molecule has 0 bridgehead atoms. The number of allylic oxidation sites excluding steroid dienone is 2. The van der Waals surface area contributed by atoms with E-state index in [1.165, 1.54) is 41.4 Å². The average molecular weight is 1530 g/mol. The van der Waals surface area contributed by atoms with Gasteiger partial charge in [-0.2, -0.15) is 0 Å². The van der Waals surface area contributed by atoms with Crippen LogP contribution in [0.1, 0.15) is 154 Å². The van der Waals surface area contributed by atoms with E-state index in [1.54, 1.807) is 23.6 Å². The third-order valence-electron chi connectivity index (χ3n) is 21.4.